The molecule has 5 rings (SSSR count). The Morgan fingerprint density at radius 3 is 2.62 bits per heavy atom. The Morgan fingerprint density at radius 1 is 1.04 bits per heavy atom. The van der Waals surface area contributed by atoms with Gasteiger partial charge in [-0.3, -0.25) is 0 Å². The van der Waals surface area contributed by atoms with Gasteiger partial charge in [0.15, 0.2) is 0 Å². The maximum atomic E-state index is 11.4. The molecule has 0 saturated heterocycles. The van der Waals surface area contributed by atoms with Gasteiger partial charge in [-0.15, -0.1) is 0 Å². The van der Waals surface area contributed by atoms with Gasteiger partial charge in [0, 0.05) is 5.69 Å². The summed E-state index contributed by atoms with van der Waals surface area (Å²) in [5, 5.41) is 14.2. The molecule has 0 spiro atoms. The first-order valence-corrected chi connectivity index (χ1v) is 9.87. The molecule has 5 atom stereocenters. The summed E-state index contributed by atoms with van der Waals surface area (Å²) in [4.78, 5) is 11.4. The van der Waals surface area contributed by atoms with Crippen molar-refractivity contribution in [3.05, 3.63) is 63.1 Å². The lowest BCUT2D eigenvalue weighted by Gasteiger charge is -2.43. The predicted molar refractivity (Wildman–Crippen MR) is 103 cm³/mol. The Labute approximate surface area is 162 Å². The largest absolute Gasteiger partial charge is 0.478 e. The molecule has 0 aromatic heterocycles. The Morgan fingerprint density at radius 2 is 1.85 bits per heavy atom. The van der Waals surface area contributed by atoms with Crippen molar-refractivity contribution in [1.29, 1.82) is 0 Å². The molecule has 1 aliphatic heterocycles. The fourth-order valence-corrected chi connectivity index (χ4v) is 5.96. The highest BCUT2D eigenvalue weighted by Crippen LogP contribution is 2.63. The fraction of sp³-hybridized carbons (Fsp3) is 0.381. The van der Waals surface area contributed by atoms with E-state index in [9.17, 15) is 9.90 Å². The van der Waals surface area contributed by atoms with Crippen molar-refractivity contribution in [2.24, 2.45) is 17.8 Å². The van der Waals surface area contributed by atoms with Crippen molar-refractivity contribution in [3.8, 4) is 0 Å². The zero-order chi connectivity index (χ0) is 18.0. The van der Waals surface area contributed by atoms with E-state index >= 15 is 0 Å². The van der Waals surface area contributed by atoms with Crippen molar-refractivity contribution >= 4 is 34.9 Å². The third kappa shape index (κ3) is 2.37. The molecular weight excluding hydrogens is 369 g/mol. The molecule has 2 fully saturated rings. The number of benzene rings is 2. The van der Waals surface area contributed by atoms with Gasteiger partial charge >= 0.3 is 5.97 Å². The van der Waals surface area contributed by atoms with Crippen LogP contribution in [0.4, 0.5) is 5.69 Å². The summed E-state index contributed by atoms with van der Waals surface area (Å²) >= 11 is 12.4. The van der Waals surface area contributed by atoms with Crippen LogP contribution in [-0.2, 0) is 0 Å². The highest BCUT2D eigenvalue weighted by atomic mass is 35.5. The lowest BCUT2D eigenvalue weighted by atomic mass is 9.68. The number of carbonyl (C=O) groups is 1. The predicted octanol–water partition coefficient (Wildman–Crippen LogP) is 5.99. The molecule has 2 bridgehead atoms. The van der Waals surface area contributed by atoms with Crippen LogP contribution in [0.1, 0.15) is 52.7 Å². The summed E-state index contributed by atoms with van der Waals surface area (Å²) in [5.41, 5.74) is 3.77. The monoisotopic (exact) mass is 387 g/mol. The molecule has 0 amide bonds. The molecule has 2 aromatic rings. The first-order valence-electron chi connectivity index (χ1n) is 9.11. The molecule has 0 radical (unpaired) electrons. The van der Waals surface area contributed by atoms with E-state index < -0.39 is 5.97 Å². The highest BCUT2D eigenvalue weighted by molar-refractivity contribution is 6.42. The summed E-state index contributed by atoms with van der Waals surface area (Å²) in [6.45, 7) is 0. The summed E-state index contributed by atoms with van der Waals surface area (Å²) in [6, 6.07) is 11.6. The Kier molecular flexibility index (Phi) is 3.74. The van der Waals surface area contributed by atoms with Crippen LogP contribution in [0.2, 0.25) is 10.0 Å². The number of nitrogens with one attached hydrogen (secondary N) is 1. The molecule has 3 nitrogen and oxygen atoms in total. The van der Waals surface area contributed by atoms with Gasteiger partial charge in [-0.25, -0.2) is 4.79 Å². The summed E-state index contributed by atoms with van der Waals surface area (Å²) in [5.74, 6) is 1.36. The van der Waals surface area contributed by atoms with Crippen LogP contribution < -0.4 is 5.32 Å². The summed E-state index contributed by atoms with van der Waals surface area (Å²) < 4.78 is 0. The average Bonchev–Trinajstić information content (AvgIpc) is 3.25. The second-order valence-electron chi connectivity index (χ2n) is 7.84. The Bertz CT molecular complexity index is 913. The van der Waals surface area contributed by atoms with E-state index in [0.717, 1.165) is 11.3 Å². The third-order valence-electron chi connectivity index (χ3n) is 6.64. The molecule has 2 saturated carbocycles. The smallest absolute Gasteiger partial charge is 0.335 e. The van der Waals surface area contributed by atoms with E-state index in [1.807, 2.05) is 24.3 Å². The Hall–Kier alpha value is -1.71. The van der Waals surface area contributed by atoms with E-state index in [2.05, 4.69) is 11.4 Å². The number of fused-ring (bicyclic) bond motifs is 7. The minimum atomic E-state index is -0.862. The third-order valence-corrected chi connectivity index (χ3v) is 7.38. The van der Waals surface area contributed by atoms with Crippen LogP contribution in [-0.4, -0.2) is 11.1 Å². The fourth-order valence-electron chi connectivity index (χ4n) is 5.65. The van der Waals surface area contributed by atoms with Gasteiger partial charge in [0.05, 0.1) is 21.7 Å². The molecule has 2 aliphatic carbocycles. The van der Waals surface area contributed by atoms with Gasteiger partial charge in [0.25, 0.3) is 0 Å². The van der Waals surface area contributed by atoms with E-state index in [4.69, 9.17) is 23.2 Å². The second kappa shape index (κ2) is 5.90. The first kappa shape index (κ1) is 16.5. The van der Waals surface area contributed by atoms with Gasteiger partial charge in [-0.1, -0.05) is 29.3 Å². The van der Waals surface area contributed by atoms with Crippen LogP contribution >= 0.6 is 23.2 Å². The molecule has 3 aliphatic rings. The van der Waals surface area contributed by atoms with Crippen LogP contribution in [0.5, 0.6) is 0 Å². The SMILES string of the molecule is O=C(O)c1ccc2c(c1)[C@@H]1[C@H]3CC[C@@H](C3)[C@@H]1[C@@H](c1ccc(Cl)c(Cl)c1)N2. The maximum absolute atomic E-state index is 11.4. The first-order chi connectivity index (χ1) is 12.5. The molecule has 2 N–H and O–H groups in total. The van der Waals surface area contributed by atoms with Crippen LogP contribution in [0.25, 0.3) is 0 Å². The average molecular weight is 388 g/mol. The van der Waals surface area contributed by atoms with Gasteiger partial charge < -0.3 is 10.4 Å². The van der Waals surface area contributed by atoms with Crippen molar-refractivity contribution in [2.75, 3.05) is 5.32 Å². The molecule has 134 valence electrons. The van der Waals surface area contributed by atoms with Crippen molar-refractivity contribution in [3.63, 3.8) is 0 Å². The van der Waals surface area contributed by atoms with Gasteiger partial charge in [0.1, 0.15) is 0 Å². The lowest BCUT2D eigenvalue weighted by molar-refractivity contribution is 0.0696. The molecule has 1 heterocycles. The molecule has 2 aromatic carbocycles. The number of carboxylic acids is 1. The van der Waals surface area contributed by atoms with Crippen LogP contribution in [0, 0.1) is 17.8 Å². The topological polar surface area (TPSA) is 49.3 Å². The number of rotatable bonds is 2. The number of anilines is 1. The number of hydrogen-bond donors (Lipinski definition) is 2. The zero-order valence-electron chi connectivity index (χ0n) is 14.1. The van der Waals surface area contributed by atoms with E-state index in [-0.39, 0.29) is 6.04 Å². The number of halogens is 2. The highest BCUT2D eigenvalue weighted by Gasteiger charge is 2.53. The normalized spacial score (nSPS) is 31.2. The lowest BCUT2D eigenvalue weighted by Crippen LogP contribution is -2.35. The molecule has 5 heteroatoms. The number of aromatic carboxylic acids is 1. The van der Waals surface area contributed by atoms with E-state index in [1.165, 1.54) is 24.8 Å². The quantitative estimate of drug-likeness (QED) is 0.665. The summed E-state index contributed by atoms with van der Waals surface area (Å²) in [7, 11) is 0. The number of hydrogen-bond acceptors (Lipinski definition) is 2. The second-order valence-corrected chi connectivity index (χ2v) is 8.65. The molecule has 26 heavy (non-hydrogen) atoms. The zero-order valence-corrected chi connectivity index (χ0v) is 15.6. The van der Waals surface area contributed by atoms with Crippen LogP contribution in [0.15, 0.2) is 36.4 Å². The number of carboxylic acid groups (broad SMARTS) is 1. The van der Waals surface area contributed by atoms with E-state index in [0.29, 0.717) is 39.3 Å². The van der Waals surface area contributed by atoms with Crippen molar-refractivity contribution in [2.45, 2.75) is 31.2 Å². The van der Waals surface area contributed by atoms with Crippen LogP contribution in [0.3, 0.4) is 0 Å². The maximum Gasteiger partial charge on any atom is 0.335 e. The van der Waals surface area contributed by atoms with E-state index in [1.54, 1.807) is 6.07 Å². The molecule has 0 unspecified atom stereocenters. The standard InChI is InChI=1S/C21H19Cl2NO2/c22-15-5-3-12(9-16(15)23)20-19-11-2-1-10(7-11)18(19)14-8-13(21(25)26)4-6-17(14)24-20/h3-6,8-11,18-20,24H,1-2,7H2,(H,25,26)/t10-,11-,18-,19-,20+/m0/s1. The van der Waals surface area contributed by atoms with Crippen molar-refractivity contribution < 1.29 is 9.90 Å². The van der Waals surface area contributed by atoms with Gasteiger partial charge in [-0.2, -0.15) is 0 Å². The van der Waals surface area contributed by atoms with Gasteiger partial charge in [-0.05, 0) is 84.4 Å². The minimum Gasteiger partial charge on any atom is -0.478 e. The Balaban J connectivity index is 1.63. The molecular formula is C21H19Cl2NO2. The van der Waals surface area contributed by atoms with Gasteiger partial charge in [0.2, 0.25) is 0 Å². The van der Waals surface area contributed by atoms with Crippen molar-refractivity contribution in [1.82, 2.24) is 0 Å². The summed E-state index contributed by atoms with van der Waals surface area (Å²) in [6.07, 6.45) is 3.75. The minimum absolute atomic E-state index is 0.188.